The fourth-order valence-corrected chi connectivity index (χ4v) is 3.60. The molecule has 2 heterocycles. The number of thioether (sulfide) groups is 1. The standard InChI is InChI=1S/C14H16O3S/c15-12(7-10-3-5-18-6-4-10)11-1-2-13-14(8-11)17-9-16-13/h1-2,8,10H,3-7,9H2. The average molecular weight is 264 g/mol. The van der Waals surface area contributed by atoms with Crippen molar-refractivity contribution in [3.05, 3.63) is 23.8 Å². The molecule has 0 saturated carbocycles. The third-order valence-corrected chi connectivity index (χ3v) is 4.56. The van der Waals surface area contributed by atoms with Crippen LogP contribution in [0.25, 0.3) is 0 Å². The van der Waals surface area contributed by atoms with Crippen molar-refractivity contribution in [1.82, 2.24) is 0 Å². The minimum atomic E-state index is 0.227. The number of fused-ring (bicyclic) bond motifs is 1. The first-order valence-corrected chi connectivity index (χ1v) is 7.49. The van der Waals surface area contributed by atoms with Gasteiger partial charge < -0.3 is 9.47 Å². The molecule has 3 rings (SSSR count). The quantitative estimate of drug-likeness (QED) is 0.786. The molecule has 1 saturated heterocycles. The van der Waals surface area contributed by atoms with Crippen molar-refractivity contribution in [2.24, 2.45) is 5.92 Å². The summed E-state index contributed by atoms with van der Waals surface area (Å²) >= 11 is 1.99. The largest absolute Gasteiger partial charge is 0.454 e. The molecule has 18 heavy (non-hydrogen) atoms. The van der Waals surface area contributed by atoms with Crippen LogP contribution in [0.4, 0.5) is 0 Å². The first-order chi connectivity index (χ1) is 8.83. The van der Waals surface area contributed by atoms with Gasteiger partial charge in [0.05, 0.1) is 0 Å². The molecule has 96 valence electrons. The van der Waals surface area contributed by atoms with E-state index in [2.05, 4.69) is 0 Å². The van der Waals surface area contributed by atoms with Gasteiger partial charge >= 0.3 is 0 Å². The fourth-order valence-electron chi connectivity index (χ4n) is 2.40. The number of hydrogen-bond acceptors (Lipinski definition) is 4. The first kappa shape index (κ1) is 11.9. The van der Waals surface area contributed by atoms with Crippen molar-refractivity contribution in [3.63, 3.8) is 0 Å². The smallest absolute Gasteiger partial charge is 0.231 e. The summed E-state index contributed by atoms with van der Waals surface area (Å²) in [6, 6.07) is 5.47. The highest BCUT2D eigenvalue weighted by Crippen LogP contribution is 2.33. The molecule has 2 aliphatic heterocycles. The van der Waals surface area contributed by atoms with Crippen molar-refractivity contribution >= 4 is 17.5 Å². The Labute approximate surface area is 111 Å². The van der Waals surface area contributed by atoms with Crippen LogP contribution in [0.1, 0.15) is 29.6 Å². The maximum absolute atomic E-state index is 12.2. The van der Waals surface area contributed by atoms with Crippen molar-refractivity contribution in [2.45, 2.75) is 19.3 Å². The number of hydrogen-bond donors (Lipinski definition) is 0. The van der Waals surface area contributed by atoms with Crippen LogP contribution in [0.5, 0.6) is 11.5 Å². The lowest BCUT2D eigenvalue weighted by Gasteiger charge is -2.20. The summed E-state index contributed by atoms with van der Waals surface area (Å²) in [7, 11) is 0. The molecular weight excluding hydrogens is 248 g/mol. The summed E-state index contributed by atoms with van der Waals surface area (Å²) in [5, 5.41) is 0. The van der Waals surface area contributed by atoms with Crippen LogP contribution in [0.15, 0.2) is 18.2 Å². The normalized spacial score (nSPS) is 18.9. The highest BCUT2D eigenvalue weighted by Gasteiger charge is 2.20. The zero-order valence-electron chi connectivity index (χ0n) is 10.2. The Morgan fingerprint density at radius 2 is 2.00 bits per heavy atom. The molecule has 4 heteroatoms. The van der Waals surface area contributed by atoms with Gasteiger partial charge in [-0.25, -0.2) is 0 Å². The third-order valence-electron chi connectivity index (χ3n) is 3.51. The van der Waals surface area contributed by atoms with Crippen LogP contribution >= 0.6 is 11.8 Å². The van der Waals surface area contributed by atoms with Gasteiger partial charge in [0, 0.05) is 12.0 Å². The second-order valence-electron chi connectivity index (χ2n) is 4.75. The van der Waals surface area contributed by atoms with E-state index in [-0.39, 0.29) is 12.6 Å². The molecule has 2 aliphatic rings. The van der Waals surface area contributed by atoms with Crippen LogP contribution in [-0.4, -0.2) is 24.1 Å². The molecule has 0 aromatic heterocycles. The van der Waals surface area contributed by atoms with E-state index in [0.29, 0.717) is 18.1 Å². The number of ketones is 1. The zero-order valence-corrected chi connectivity index (χ0v) is 11.0. The third kappa shape index (κ3) is 2.48. The van der Waals surface area contributed by atoms with E-state index in [1.54, 1.807) is 0 Å². The first-order valence-electron chi connectivity index (χ1n) is 6.33. The topological polar surface area (TPSA) is 35.5 Å². The maximum Gasteiger partial charge on any atom is 0.231 e. The van der Waals surface area contributed by atoms with Gasteiger partial charge in [0.15, 0.2) is 17.3 Å². The Hall–Kier alpha value is -1.16. The number of Topliss-reactive ketones (excluding diaryl/α,β-unsaturated/α-hetero) is 1. The summed E-state index contributed by atoms with van der Waals surface area (Å²) in [5.41, 5.74) is 0.748. The van der Waals surface area contributed by atoms with E-state index in [1.807, 2.05) is 30.0 Å². The maximum atomic E-state index is 12.2. The fraction of sp³-hybridized carbons (Fsp3) is 0.500. The van der Waals surface area contributed by atoms with Gasteiger partial charge in [-0.15, -0.1) is 0 Å². The van der Waals surface area contributed by atoms with E-state index in [0.717, 1.165) is 11.3 Å². The van der Waals surface area contributed by atoms with E-state index < -0.39 is 0 Å². The molecule has 3 nitrogen and oxygen atoms in total. The summed E-state index contributed by atoms with van der Waals surface area (Å²) in [4.78, 5) is 12.2. The number of carbonyl (C=O) groups excluding carboxylic acids is 1. The monoisotopic (exact) mass is 264 g/mol. The number of carbonyl (C=O) groups is 1. The van der Waals surface area contributed by atoms with E-state index in [1.165, 1.54) is 24.3 Å². The van der Waals surface area contributed by atoms with Crippen molar-refractivity contribution in [1.29, 1.82) is 0 Å². The van der Waals surface area contributed by atoms with Gasteiger partial charge in [0.25, 0.3) is 0 Å². The highest BCUT2D eigenvalue weighted by atomic mass is 32.2. The molecule has 0 bridgehead atoms. The van der Waals surface area contributed by atoms with Gasteiger partial charge in [-0.3, -0.25) is 4.79 Å². The van der Waals surface area contributed by atoms with Crippen LogP contribution < -0.4 is 9.47 Å². The summed E-state index contributed by atoms with van der Waals surface area (Å²) < 4.78 is 10.5. The van der Waals surface area contributed by atoms with Crippen LogP contribution in [-0.2, 0) is 0 Å². The molecule has 1 aromatic rings. The lowest BCUT2D eigenvalue weighted by atomic mass is 9.93. The summed E-state index contributed by atoms with van der Waals surface area (Å²) in [6.45, 7) is 0.257. The Morgan fingerprint density at radius 3 is 2.83 bits per heavy atom. The predicted octanol–water partition coefficient (Wildman–Crippen LogP) is 3.13. The lowest BCUT2D eigenvalue weighted by Crippen LogP contribution is -2.14. The van der Waals surface area contributed by atoms with Crippen LogP contribution in [0, 0.1) is 5.92 Å². The van der Waals surface area contributed by atoms with E-state index in [4.69, 9.17) is 9.47 Å². The van der Waals surface area contributed by atoms with E-state index >= 15 is 0 Å². The Morgan fingerprint density at radius 1 is 1.22 bits per heavy atom. The van der Waals surface area contributed by atoms with Crippen LogP contribution in [0.3, 0.4) is 0 Å². The van der Waals surface area contributed by atoms with Gasteiger partial charge in [-0.2, -0.15) is 11.8 Å². The molecular formula is C14H16O3S. The molecule has 0 atom stereocenters. The second kappa shape index (κ2) is 5.22. The minimum absolute atomic E-state index is 0.227. The summed E-state index contributed by atoms with van der Waals surface area (Å²) in [5.74, 6) is 4.60. The van der Waals surface area contributed by atoms with Crippen molar-refractivity contribution < 1.29 is 14.3 Å². The Balaban J connectivity index is 1.68. The highest BCUT2D eigenvalue weighted by molar-refractivity contribution is 7.99. The average Bonchev–Trinajstić information content (AvgIpc) is 2.87. The van der Waals surface area contributed by atoms with Crippen molar-refractivity contribution in [2.75, 3.05) is 18.3 Å². The zero-order chi connectivity index (χ0) is 12.4. The molecule has 0 amide bonds. The molecule has 0 radical (unpaired) electrons. The van der Waals surface area contributed by atoms with Gasteiger partial charge in [0.1, 0.15) is 0 Å². The minimum Gasteiger partial charge on any atom is -0.454 e. The van der Waals surface area contributed by atoms with Crippen molar-refractivity contribution in [3.8, 4) is 11.5 Å². The molecule has 1 aromatic carbocycles. The predicted molar refractivity (Wildman–Crippen MR) is 71.6 cm³/mol. The van der Waals surface area contributed by atoms with Gasteiger partial charge in [-0.05, 0) is 48.5 Å². The molecule has 0 spiro atoms. The molecule has 0 unspecified atom stereocenters. The number of ether oxygens (including phenoxy) is 2. The molecule has 1 fully saturated rings. The number of rotatable bonds is 3. The van der Waals surface area contributed by atoms with E-state index in [9.17, 15) is 4.79 Å². The molecule has 0 aliphatic carbocycles. The van der Waals surface area contributed by atoms with Gasteiger partial charge in [0.2, 0.25) is 6.79 Å². The second-order valence-corrected chi connectivity index (χ2v) is 5.98. The Bertz CT molecular complexity index is 452. The molecule has 0 N–H and O–H groups in total. The Kier molecular flexibility index (Phi) is 3.46. The number of benzene rings is 1. The van der Waals surface area contributed by atoms with Gasteiger partial charge in [-0.1, -0.05) is 0 Å². The summed E-state index contributed by atoms with van der Waals surface area (Å²) in [6.07, 6.45) is 3.00. The lowest BCUT2D eigenvalue weighted by molar-refractivity contribution is 0.0958. The van der Waals surface area contributed by atoms with Crippen LogP contribution in [0.2, 0.25) is 0 Å². The SMILES string of the molecule is O=C(CC1CCSCC1)c1ccc2c(c1)OCO2.